The highest BCUT2D eigenvalue weighted by atomic mass is 16.5. The fourth-order valence-corrected chi connectivity index (χ4v) is 3.95. The van der Waals surface area contributed by atoms with Crippen LogP contribution in [0.5, 0.6) is 0 Å². The number of carbonyl (C=O) groups excluding carboxylic acids is 3. The van der Waals surface area contributed by atoms with E-state index in [-0.39, 0.29) is 29.4 Å². The first-order valence-electron chi connectivity index (χ1n) is 6.45. The topological polar surface area (TPSA) is 60.4 Å². The molecular weight excluding hydrogens is 232 g/mol. The van der Waals surface area contributed by atoms with Crippen molar-refractivity contribution in [2.75, 3.05) is 7.11 Å². The first-order chi connectivity index (χ1) is 8.58. The molecule has 0 N–H and O–H groups in total. The monoisotopic (exact) mass is 248 g/mol. The van der Waals surface area contributed by atoms with Gasteiger partial charge in [0.1, 0.15) is 0 Å². The number of allylic oxidation sites excluding steroid dienone is 2. The van der Waals surface area contributed by atoms with Crippen molar-refractivity contribution in [2.45, 2.75) is 32.1 Å². The Bertz CT molecular complexity index is 476. The first kappa shape index (κ1) is 11.6. The molecule has 0 aromatic carbocycles. The van der Waals surface area contributed by atoms with Crippen molar-refractivity contribution >= 4 is 17.5 Å². The third kappa shape index (κ3) is 1.35. The molecule has 4 aliphatic carbocycles. The summed E-state index contributed by atoms with van der Waals surface area (Å²) in [6.45, 7) is 0. The van der Waals surface area contributed by atoms with E-state index in [4.69, 9.17) is 4.74 Å². The Morgan fingerprint density at radius 1 is 1.39 bits per heavy atom. The highest BCUT2D eigenvalue weighted by Gasteiger charge is 2.58. The Morgan fingerprint density at radius 3 is 2.89 bits per heavy atom. The minimum atomic E-state index is -0.410. The van der Waals surface area contributed by atoms with Crippen molar-refractivity contribution in [3.63, 3.8) is 0 Å². The summed E-state index contributed by atoms with van der Waals surface area (Å²) in [6.07, 6.45) is 4.83. The zero-order valence-corrected chi connectivity index (χ0v) is 10.4. The van der Waals surface area contributed by atoms with Crippen molar-refractivity contribution < 1.29 is 19.1 Å². The van der Waals surface area contributed by atoms with Gasteiger partial charge in [0, 0.05) is 23.3 Å². The van der Waals surface area contributed by atoms with Crippen LogP contribution >= 0.6 is 0 Å². The number of ketones is 2. The quantitative estimate of drug-likeness (QED) is 0.659. The Morgan fingerprint density at radius 2 is 2.17 bits per heavy atom. The molecule has 3 fully saturated rings. The van der Waals surface area contributed by atoms with Crippen molar-refractivity contribution in [3.05, 3.63) is 11.6 Å². The van der Waals surface area contributed by atoms with E-state index in [0.717, 1.165) is 12.8 Å². The van der Waals surface area contributed by atoms with Gasteiger partial charge in [-0.25, -0.2) is 0 Å². The minimum absolute atomic E-state index is 0.0140. The molecule has 2 bridgehead atoms. The molecular formula is C14H16O4. The molecule has 0 aromatic rings. The van der Waals surface area contributed by atoms with Crippen LogP contribution in [0.4, 0.5) is 0 Å². The SMILES string of the molecule is COC(=O)C1CC2CCC13CCC(=O)C=C3C2=O. The predicted octanol–water partition coefficient (Wildman–Crippen LogP) is 1.43. The van der Waals surface area contributed by atoms with E-state index >= 15 is 0 Å². The molecule has 3 unspecified atom stereocenters. The maximum absolute atomic E-state index is 12.2. The molecule has 4 nitrogen and oxygen atoms in total. The minimum Gasteiger partial charge on any atom is -0.469 e. The van der Waals surface area contributed by atoms with Crippen molar-refractivity contribution in [2.24, 2.45) is 17.3 Å². The summed E-state index contributed by atoms with van der Waals surface area (Å²) in [4.78, 5) is 35.7. The van der Waals surface area contributed by atoms with Gasteiger partial charge in [-0.2, -0.15) is 0 Å². The van der Waals surface area contributed by atoms with Gasteiger partial charge in [-0.3, -0.25) is 14.4 Å². The van der Waals surface area contributed by atoms with E-state index in [1.165, 1.54) is 13.2 Å². The van der Waals surface area contributed by atoms with Crippen LogP contribution in [0.1, 0.15) is 32.1 Å². The molecule has 3 atom stereocenters. The number of hydrogen-bond donors (Lipinski definition) is 0. The van der Waals surface area contributed by atoms with Gasteiger partial charge in [0.25, 0.3) is 0 Å². The van der Waals surface area contributed by atoms with Gasteiger partial charge in [0.05, 0.1) is 13.0 Å². The molecule has 4 aliphatic rings. The van der Waals surface area contributed by atoms with Crippen LogP contribution in [-0.4, -0.2) is 24.6 Å². The molecule has 0 heterocycles. The lowest BCUT2D eigenvalue weighted by Crippen LogP contribution is -2.53. The molecule has 4 heteroatoms. The second-order valence-corrected chi connectivity index (χ2v) is 5.59. The van der Waals surface area contributed by atoms with Gasteiger partial charge in [-0.1, -0.05) is 0 Å². The molecule has 0 amide bonds. The van der Waals surface area contributed by atoms with E-state index in [0.29, 0.717) is 24.8 Å². The second-order valence-electron chi connectivity index (χ2n) is 5.59. The molecule has 4 rings (SSSR count). The fourth-order valence-electron chi connectivity index (χ4n) is 3.95. The van der Waals surface area contributed by atoms with Crippen molar-refractivity contribution in [1.29, 1.82) is 0 Å². The number of hydrogen-bond acceptors (Lipinski definition) is 4. The highest BCUT2D eigenvalue weighted by Crippen LogP contribution is 2.59. The number of ether oxygens (including phenoxy) is 1. The summed E-state index contributed by atoms with van der Waals surface area (Å²) in [5.74, 6) is -0.450. The number of Topliss-reactive ketones (excluding diaryl/α,β-unsaturated/α-hetero) is 1. The Labute approximate surface area is 105 Å². The molecule has 96 valence electrons. The Kier molecular flexibility index (Phi) is 2.44. The average molecular weight is 248 g/mol. The first-order valence-corrected chi connectivity index (χ1v) is 6.45. The molecule has 3 saturated carbocycles. The predicted molar refractivity (Wildman–Crippen MR) is 62.6 cm³/mol. The summed E-state index contributed by atoms with van der Waals surface area (Å²) in [5, 5.41) is 0. The number of esters is 1. The van der Waals surface area contributed by atoms with Gasteiger partial charge in [-0.05, 0) is 31.8 Å². The lowest BCUT2D eigenvalue weighted by atomic mass is 9.49. The van der Waals surface area contributed by atoms with E-state index in [2.05, 4.69) is 0 Å². The lowest BCUT2D eigenvalue weighted by Gasteiger charge is -2.52. The van der Waals surface area contributed by atoms with Crippen LogP contribution in [-0.2, 0) is 19.1 Å². The van der Waals surface area contributed by atoms with E-state index in [1.807, 2.05) is 0 Å². The van der Waals surface area contributed by atoms with Crippen LogP contribution in [0.3, 0.4) is 0 Å². The molecule has 0 aromatic heterocycles. The zero-order valence-electron chi connectivity index (χ0n) is 10.4. The average Bonchev–Trinajstić information content (AvgIpc) is 2.39. The van der Waals surface area contributed by atoms with Gasteiger partial charge in [0.15, 0.2) is 11.6 Å². The summed E-state index contributed by atoms with van der Waals surface area (Å²) in [5.41, 5.74) is 0.198. The van der Waals surface area contributed by atoms with Crippen LogP contribution in [0.25, 0.3) is 0 Å². The van der Waals surface area contributed by atoms with Crippen LogP contribution < -0.4 is 0 Å². The van der Waals surface area contributed by atoms with Gasteiger partial charge >= 0.3 is 5.97 Å². The summed E-state index contributed by atoms with van der Waals surface area (Å²) >= 11 is 0. The van der Waals surface area contributed by atoms with E-state index in [9.17, 15) is 14.4 Å². The third-order valence-electron chi connectivity index (χ3n) is 4.91. The number of carbonyl (C=O) groups is 3. The normalized spacial score (nSPS) is 38.2. The standard InChI is InChI=1S/C14H16O4/c1-18-13(17)11-6-8-2-4-14(11)5-3-9(15)7-10(14)12(8)16/h7-8,11H,2-6H2,1H3. The molecule has 1 spiro atoms. The second kappa shape index (κ2) is 3.77. The van der Waals surface area contributed by atoms with Gasteiger partial charge in [0.2, 0.25) is 0 Å². The van der Waals surface area contributed by atoms with Gasteiger partial charge < -0.3 is 4.74 Å². The number of rotatable bonds is 1. The van der Waals surface area contributed by atoms with Gasteiger partial charge in [-0.15, -0.1) is 0 Å². The highest BCUT2D eigenvalue weighted by molar-refractivity contribution is 6.08. The Hall–Kier alpha value is -1.45. The van der Waals surface area contributed by atoms with Crippen molar-refractivity contribution in [3.8, 4) is 0 Å². The van der Waals surface area contributed by atoms with E-state index in [1.54, 1.807) is 0 Å². The largest absolute Gasteiger partial charge is 0.469 e. The number of fused-ring (bicyclic) bond motifs is 2. The van der Waals surface area contributed by atoms with Crippen LogP contribution in [0, 0.1) is 17.3 Å². The summed E-state index contributed by atoms with van der Waals surface area (Å²) in [6, 6.07) is 0. The summed E-state index contributed by atoms with van der Waals surface area (Å²) in [7, 11) is 1.39. The summed E-state index contributed by atoms with van der Waals surface area (Å²) < 4.78 is 4.89. The zero-order chi connectivity index (χ0) is 12.9. The fraction of sp³-hybridized carbons (Fsp3) is 0.643. The molecule has 18 heavy (non-hydrogen) atoms. The molecule has 0 saturated heterocycles. The third-order valence-corrected chi connectivity index (χ3v) is 4.91. The molecule has 0 aliphatic heterocycles. The maximum atomic E-state index is 12.2. The molecule has 0 radical (unpaired) electrons. The van der Waals surface area contributed by atoms with Crippen molar-refractivity contribution in [1.82, 2.24) is 0 Å². The van der Waals surface area contributed by atoms with Crippen LogP contribution in [0.15, 0.2) is 11.6 Å². The Balaban J connectivity index is 2.09. The smallest absolute Gasteiger partial charge is 0.309 e. The van der Waals surface area contributed by atoms with Crippen LogP contribution in [0.2, 0.25) is 0 Å². The van der Waals surface area contributed by atoms with E-state index < -0.39 is 5.41 Å². The maximum Gasteiger partial charge on any atom is 0.309 e. The number of methoxy groups -OCH3 is 1. The lowest BCUT2D eigenvalue weighted by molar-refractivity contribution is -0.157.